The van der Waals surface area contributed by atoms with Gasteiger partial charge in [0.05, 0.1) is 12.2 Å². The molecule has 5 heteroatoms. The average molecular weight is 329 g/mol. The summed E-state index contributed by atoms with van der Waals surface area (Å²) in [4.78, 5) is 2.32. The largest absolute Gasteiger partial charge is 0.396 e. The summed E-state index contributed by atoms with van der Waals surface area (Å²) in [5.41, 5.74) is 8.63. The molecule has 2 aromatic rings. The van der Waals surface area contributed by atoms with Crippen LogP contribution in [0.3, 0.4) is 0 Å². The van der Waals surface area contributed by atoms with Crippen LogP contribution in [0.5, 0.6) is 0 Å². The van der Waals surface area contributed by atoms with E-state index in [4.69, 9.17) is 17.3 Å². The van der Waals surface area contributed by atoms with Gasteiger partial charge in [-0.05, 0) is 42.5 Å². The predicted octanol–water partition coefficient (Wildman–Crippen LogP) is 3.88. The van der Waals surface area contributed by atoms with E-state index in [1.165, 1.54) is 6.42 Å². The molecule has 120 valence electrons. The summed E-state index contributed by atoms with van der Waals surface area (Å²) in [6.45, 7) is 4.86. The molecule has 4 nitrogen and oxygen atoms in total. The summed E-state index contributed by atoms with van der Waals surface area (Å²) < 4.78 is 2.02. The van der Waals surface area contributed by atoms with Crippen molar-refractivity contribution in [1.82, 2.24) is 4.57 Å². The van der Waals surface area contributed by atoms with Crippen molar-refractivity contribution in [3.63, 3.8) is 0 Å². The first-order valence-corrected chi connectivity index (χ1v) is 8.34. The molecular weight excluding hydrogens is 308 g/mol. The zero-order chi connectivity index (χ0) is 16.4. The van der Waals surface area contributed by atoms with Crippen LogP contribution in [0.25, 0.3) is 0 Å². The van der Waals surface area contributed by atoms with Crippen LogP contribution in [0.2, 0.25) is 5.02 Å². The lowest BCUT2D eigenvalue weighted by Crippen LogP contribution is -2.36. The third kappa shape index (κ3) is 3.30. The average Bonchev–Trinajstić information content (AvgIpc) is 2.85. The van der Waals surface area contributed by atoms with E-state index in [0.717, 1.165) is 30.9 Å². The molecule has 0 amide bonds. The number of nitrogens with two attached hydrogens (primary N) is 1. The van der Waals surface area contributed by atoms with Gasteiger partial charge in [-0.15, -0.1) is 0 Å². The molecular formula is C18H21ClN4. The Morgan fingerprint density at radius 1 is 1.35 bits per heavy atom. The number of nitriles is 1. The Kier molecular flexibility index (Phi) is 4.49. The van der Waals surface area contributed by atoms with Gasteiger partial charge in [-0.1, -0.05) is 30.7 Å². The number of hydrogen-bond acceptors (Lipinski definition) is 3. The summed E-state index contributed by atoms with van der Waals surface area (Å²) in [5.74, 6) is 1.62. The number of nitrogen functional groups attached to an aromatic ring is 1. The highest BCUT2D eigenvalue weighted by Gasteiger charge is 2.23. The van der Waals surface area contributed by atoms with Crippen molar-refractivity contribution in [3.05, 3.63) is 46.6 Å². The molecule has 0 spiro atoms. The number of piperidine rings is 1. The zero-order valence-corrected chi connectivity index (χ0v) is 14.1. The van der Waals surface area contributed by atoms with E-state index in [9.17, 15) is 5.26 Å². The molecule has 23 heavy (non-hydrogen) atoms. The third-order valence-corrected chi connectivity index (χ3v) is 4.67. The summed E-state index contributed by atoms with van der Waals surface area (Å²) in [5, 5.41) is 10.2. The lowest BCUT2D eigenvalue weighted by molar-refractivity contribution is 0.441. The van der Waals surface area contributed by atoms with Crippen LogP contribution in [0.15, 0.2) is 30.3 Å². The highest BCUT2D eigenvalue weighted by molar-refractivity contribution is 6.30. The van der Waals surface area contributed by atoms with Crippen LogP contribution in [-0.2, 0) is 6.54 Å². The van der Waals surface area contributed by atoms with Gasteiger partial charge < -0.3 is 15.2 Å². The minimum atomic E-state index is 0.602. The lowest BCUT2D eigenvalue weighted by Gasteiger charge is -2.34. The first kappa shape index (κ1) is 15.8. The minimum absolute atomic E-state index is 0.602. The molecule has 1 aromatic carbocycles. The highest BCUT2D eigenvalue weighted by Crippen LogP contribution is 2.32. The molecule has 1 aromatic heterocycles. The first-order chi connectivity index (χ1) is 11.1. The van der Waals surface area contributed by atoms with Crippen LogP contribution in [0, 0.1) is 17.2 Å². The molecule has 0 unspecified atom stereocenters. The first-order valence-electron chi connectivity index (χ1n) is 7.97. The normalized spacial score (nSPS) is 18.0. The number of anilines is 2. The Morgan fingerprint density at radius 3 is 2.74 bits per heavy atom. The fraction of sp³-hybridized carbons (Fsp3) is 0.389. The summed E-state index contributed by atoms with van der Waals surface area (Å²) in [7, 11) is 0. The van der Waals surface area contributed by atoms with Gasteiger partial charge in [-0.3, -0.25) is 0 Å². The van der Waals surface area contributed by atoms with E-state index in [1.54, 1.807) is 6.07 Å². The molecule has 2 N–H and O–H groups in total. The van der Waals surface area contributed by atoms with Crippen LogP contribution in [0.1, 0.15) is 31.0 Å². The summed E-state index contributed by atoms with van der Waals surface area (Å²) in [6.07, 6.45) is 2.41. The third-order valence-electron chi connectivity index (χ3n) is 4.42. The van der Waals surface area contributed by atoms with Gasteiger partial charge in [0.15, 0.2) is 0 Å². The lowest BCUT2D eigenvalue weighted by atomic mass is 10.0. The molecule has 1 atom stereocenters. The quantitative estimate of drug-likeness (QED) is 0.930. The number of nitrogens with zero attached hydrogens (tertiary/aromatic N) is 3. The maximum absolute atomic E-state index is 9.46. The number of hydrogen-bond donors (Lipinski definition) is 1. The van der Waals surface area contributed by atoms with E-state index < -0.39 is 0 Å². The van der Waals surface area contributed by atoms with Gasteiger partial charge in [-0.2, -0.15) is 5.26 Å². The Labute approximate surface area is 142 Å². The Morgan fingerprint density at radius 2 is 2.09 bits per heavy atom. The van der Waals surface area contributed by atoms with E-state index in [1.807, 2.05) is 28.8 Å². The summed E-state index contributed by atoms with van der Waals surface area (Å²) >= 11 is 5.96. The topological polar surface area (TPSA) is 58.0 Å². The maximum Gasteiger partial charge on any atom is 0.133 e. The fourth-order valence-corrected chi connectivity index (χ4v) is 3.45. The second kappa shape index (κ2) is 6.55. The van der Waals surface area contributed by atoms with Crippen molar-refractivity contribution in [2.75, 3.05) is 23.7 Å². The molecule has 1 saturated heterocycles. The number of aromatic nitrogens is 1. The molecule has 0 aliphatic carbocycles. The van der Waals surface area contributed by atoms with Crippen LogP contribution < -0.4 is 10.6 Å². The second-order valence-corrected chi connectivity index (χ2v) is 6.76. The molecule has 2 heterocycles. The molecule has 1 aliphatic heterocycles. The van der Waals surface area contributed by atoms with Crippen molar-refractivity contribution >= 4 is 23.1 Å². The maximum atomic E-state index is 9.46. The van der Waals surface area contributed by atoms with Gasteiger partial charge in [0.2, 0.25) is 0 Å². The highest BCUT2D eigenvalue weighted by atomic mass is 35.5. The van der Waals surface area contributed by atoms with E-state index in [2.05, 4.69) is 17.9 Å². The van der Waals surface area contributed by atoms with E-state index in [-0.39, 0.29) is 0 Å². The molecule has 0 radical (unpaired) electrons. The standard InChI is InChI=1S/C18H21ClN4/c1-13-3-2-8-22(11-13)18-17(21)9-16(10-20)23(18)12-14-4-6-15(19)7-5-14/h4-7,9,13H,2-3,8,11-12,21H2,1H3/t13-/m0/s1. The minimum Gasteiger partial charge on any atom is -0.396 e. The monoisotopic (exact) mass is 328 g/mol. The fourth-order valence-electron chi connectivity index (χ4n) is 3.32. The number of benzene rings is 1. The Balaban J connectivity index is 1.97. The molecule has 0 saturated carbocycles. The van der Waals surface area contributed by atoms with Crippen LogP contribution in [-0.4, -0.2) is 17.7 Å². The van der Waals surface area contributed by atoms with Crippen molar-refractivity contribution in [2.45, 2.75) is 26.3 Å². The van der Waals surface area contributed by atoms with Crippen LogP contribution >= 0.6 is 11.6 Å². The van der Waals surface area contributed by atoms with Crippen molar-refractivity contribution in [2.24, 2.45) is 5.92 Å². The number of rotatable bonds is 3. The number of halogens is 1. The Hall–Kier alpha value is -2.12. The smallest absolute Gasteiger partial charge is 0.133 e. The molecule has 3 rings (SSSR count). The van der Waals surface area contributed by atoms with E-state index in [0.29, 0.717) is 28.9 Å². The zero-order valence-electron chi connectivity index (χ0n) is 13.3. The van der Waals surface area contributed by atoms with Gasteiger partial charge >= 0.3 is 0 Å². The molecule has 0 bridgehead atoms. The van der Waals surface area contributed by atoms with E-state index >= 15 is 0 Å². The molecule has 1 aliphatic rings. The Bertz CT molecular complexity index is 727. The van der Waals surface area contributed by atoms with Gasteiger partial charge in [0.25, 0.3) is 0 Å². The van der Waals surface area contributed by atoms with Crippen molar-refractivity contribution in [3.8, 4) is 6.07 Å². The second-order valence-electron chi connectivity index (χ2n) is 6.33. The van der Waals surface area contributed by atoms with Crippen molar-refractivity contribution in [1.29, 1.82) is 5.26 Å². The van der Waals surface area contributed by atoms with Gasteiger partial charge in [0, 0.05) is 18.1 Å². The van der Waals surface area contributed by atoms with Gasteiger partial charge in [-0.25, -0.2) is 0 Å². The van der Waals surface area contributed by atoms with Gasteiger partial charge in [0.1, 0.15) is 17.6 Å². The van der Waals surface area contributed by atoms with Crippen LogP contribution in [0.4, 0.5) is 11.5 Å². The predicted molar refractivity (Wildman–Crippen MR) is 94.7 cm³/mol. The summed E-state index contributed by atoms with van der Waals surface area (Å²) in [6, 6.07) is 11.8. The van der Waals surface area contributed by atoms with Crippen molar-refractivity contribution < 1.29 is 0 Å². The SMILES string of the molecule is C[C@H]1CCCN(c2c(N)cc(C#N)n2Cc2ccc(Cl)cc2)C1. The molecule has 1 fully saturated rings.